The maximum Gasteiger partial charge on any atom is 0.326 e. The number of hydrogen-bond acceptors (Lipinski definition) is 3. The largest absolute Gasteiger partial charge is 0.480 e. The molecule has 2 aromatic carbocycles. The van der Waals surface area contributed by atoms with E-state index in [4.69, 9.17) is 11.6 Å². The number of nitrogens with zero attached hydrogens (tertiary/aromatic N) is 1. The van der Waals surface area contributed by atoms with Crippen molar-refractivity contribution in [3.05, 3.63) is 76.8 Å². The lowest BCUT2D eigenvalue weighted by atomic mass is 10.0. The molecule has 1 atom stereocenters. The number of halogens is 2. The highest BCUT2D eigenvalue weighted by atomic mass is 35.5. The van der Waals surface area contributed by atoms with Crippen molar-refractivity contribution in [3.63, 3.8) is 0 Å². The Hall–Kier alpha value is -2.99. The van der Waals surface area contributed by atoms with Crippen molar-refractivity contribution >= 4 is 34.2 Å². The molecule has 0 fully saturated rings. The van der Waals surface area contributed by atoms with Crippen LogP contribution in [-0.2, 0) is 22.4 Å². The molecule has 1 heterocycles. The van der Waals surface area contributed by atoms with Gasteiger partial charge in [0.2, 0.25) is 5.91 Å². The number of benzene rings is 2. The third-order valence-electron chi connectivity index (χ3n) is 4.10. The molecule has 138 valence electrons. The first kappa shape index (κ1) is 18.8. The van der Waals surface area contributed by atoms with Gasteiger partial charge in [-0.15, -0.1) is 0 Å². The molecule has 0 spiro atoms. The molecule has 3 aromatic rings. The number of carboxylic acid groups (broad SMARTS) is 1. The van der Waals surface area contributed by atoms with E-state index in [0.717, 1.165) is 17.0 Å². The number of fused-ring (bicyclic) bond motifs is 1. The van der Waals surface area contributed by atoms with Crippen molar-refractivity contribution in [1.29, 1.82) is 0 Å². The highest BCUT2D eigenvalue weighted by Crippen LogP contribution is 2.24. The number of aliphatic carboxylic acids is 1. The molecule has 27 heavy (non-hydrogen) atoms. The highest BCUT2D eigenvalue weighted by Gasteiger charge is 2.21. The van der Waals surface area contributed by atoms with Gasteiger partial charge in [-0.05, 0) is 40.1 Å². The van der Waals surface area contributed by atoms with Gasteiger partial charge in [0.25, 0.3) is 0 Å². The maximum atomic E-state index is 13.2. The minimum Gasteiger partial charge on any atom is -0.480 e. The van der Waals surface area contributed by atoms with Crippen LogP contribution in [0.15, 0.2) is 54.9 Å². The Bertz CT molecular complexity index is 1010. The lowest BCUT2D eigenvalue weighted by molar-refractivity contribution is -0.141. The van der Waals surface area contributed by atoms with Gasteiger partial charge >= 0.3 is 5.97 Å². The summed E-state index contributed by atoms with van der Waals surface area (Å²) in [7, 11) is 0. The summed E-state index contributed by atoms with van der Waals surface area (Å²) < 4.78 is 13.2. The van der Waals surface area contributed by atoms with Crippen LogP contribution in [0.25, 0.3) is 10.8 Å². The van der Waals surface area contributed by atoms with E-state index in [9.17, 15) is 19.1 Å². The summed E-state index contributed by atoms with van der Waals surface area (Å²) in [6.07, 6.45) is 2.31. The summed E-state index contributed by atoms with van der Waals surface area (Å²) in [5.74, 6) is -2.23. The van der Waals surface area contributed by atoms with Gasteiger partial charge < -0.3 is 10.4 Å². The molecule has 1 amide bonds. The second-order valence-corrected chi connectivity index (χ2v) is 6.57. The number of hydrogen-bond donors (Lipinski definition) is 2. The van der Waals surface area contributed by atoms with Crippen molar-refractivity contribution in [2.75, 3.05) is 0 Å². The molecule has 1 unspecified atom stereocenters. The van der Waals surface area contributed by atoms with Gasteiger partial charge in [-0.2, -0.15) is 0 Å². The average Bonchev–Trinajstić information content (AvgIpc) is 2.61. The first-order valence-corrected chi connectivity index (χ1v) is 8.59. The van der Waals surface area contributed by atoms with Gasteiger partial charge in [-0.3, -0.25) is 9.78 Å². The van der Waals surface area contributed by atoms with E-state index in [1.807, 2.05) is 24.3 Å². The van der Waals surface area contributed by atoms with Crippen LogP contribution in [0.5, 0.6) is 0 Å². The van der Waals surface area contributed by atoms with Gasteiger partial charge in [-0.25, -0.2) is 9.18 Å². The van der Waals surface area contributed by atoms with Crippen molar-refractivity contribution in [3.8, 4) is 0 Å². The zero-order chi connectivity index (χ0) is 19.4. The number of aromatic nitrogens is 1. The van der Waals surface area contributed by atoms with E-state index in [1.165, 1.54) is 12.3 Å². The Kier molecular flexibility index (Phi) is 5.66. The van der Waals surface area contributed by atoms with Crippen LogP contribution >= 0.6 is 11.6 Å². The number of pyridine rings is 1. The lowest BCUT2D eigenvalue weighted by Gasteiger charge is -2.15. The second-order valence-electron chi connectivity index (χ2n) is 6.14. The summed E-state index contributed by atoms with van der Waals surface area (Å²) >= 11 is 6.12. The van der Waals surface area contributed by atoms with E-state index in [1.54, 1.807) is 12.1 Å². The number of rotatable bonds is 6. The van der Waals surface area contributed by atoms with E-state index >= 15 is 0 Å². The highest BCUT2D eigenvalue weighted by molar-refractivity contribution is 6.31. The van der Waals surface area contributed by atoms with Crippen LogP contribution in [0.3, 0.4) is 0 Å². The Morgan fingerprint density at radius 1 is 1.19 bits per heavy atom. The van der Waals surface area contributed by atoms with E-state index in [-0.39, 0.29) is 12.8 Å². The lowest BCUT2D eigenvalue weighted by Crippen LogP contribution is -2.43. The molecule has 0 saturated carbocycles. The van der Waals surface area contributed by atoms with Crippen molar-refractivity contribution in [2.45, 2.75) is 18.9 Å². The Labute approximate surface area is 159 Å². The molecule has 3 rings (SSSR count). The molecule has 0 bridgehead atoms. The molecule has 0 saturated heterocycles. The number of carbonyl (C=O) groups excluding carboxylic acids is 1. The maximum absolute atomic E-state index is 13.2. The quantitative estimate of drug-likeness (QED) is 0.680. The molecule has 5 nitrogen and oxygen atoms in total. The molecule has 0 aliphatic carbocycles. The monoisotopic (exact) mass is 386 g/mol. The fraction of sp³-hybridized carbons (Fsp3) is 0.150. The van der Waals surface area contributed by atoms with Gasteiger partial charge in [0.1, 0.15) is 11.9 Å². The number of amides is 1. The smallest absolute Gasteiger partial charge is 0.326 e. The Morgan fingerprint density at radius 3 is 2.70 bits per heavy atom. The van der Waals surface area contributed by atoms with Crippen LogP contribution in [0.2, 0.25) is 5.02 Å². The number of carbonyl (C=O) groups is 2. The minimum atomic E-state index is -1.21. The molecule has 0 aliphatic heterocycles. The topological polar surface area (TPSA) is 79.3 Å². The van der Waals surface area contributed by atoms with Crippen LogP contribution in [-0.4, -0.2) is 28.0 Å². The zero-order valence-corrected chi connectivity index (χ0v) is 14.9. The Balaban J connectivity index is 1.76. The van der Waals surface area contributed by atoms with Crippen molar-refractivity contribution in [1.82, 2.24) is 10.3 Å². The van der Waals surface area contributed by atoms with Gasteiger partial charge in [0.05, 0.1) is 12.6 Å². The minimum absolute atomic E-state index is 0.0216. The summed E-state index contributed by atoms with van der Waals surface area (Å²) in [4.78, 5) is 27.6. The standard InChI is InChI=1S/C20H16ClFN2O3/c21-15-7-13-3-1-2-4-17(13)14(8-15)9-19(25)24-18(20(26)27)6-12-5-16(22)11-23-10-12/h1-5,7-8,10-11,18H,6,9H2,(H,24,25)(H,26,27). The molecule has 2 N–H and O–H groups in total. The third kappa shape index (κ3) is 4.80. The summed E-state index contributed by atoms with van der Waals surface area (Å²) in [6.45, 7) is 0. The van der Waals surface area contributed by atoms with Crippen LogP contribution in [0, 0.1) is 5.82 Å². The molecule has 7 heteroatoms. The first-order valence-electron chi connectivity index (χ1n) is 8.21. The molecule has 1 aromatic heterocycles. The third-order valence-corrected chi connectivity index (χ3v) is 4.32. The summed E-state index contributed by atoms with van der Waals surface area (Å²) in [5, 5.41) is 14.1. The van der Waals surface area contributed by atoms with Crippen LogP contribution in [0.1, 0.15) is 11.1 Å². The molecule has 0 radical (unpaired) electrons. The molecular formula is C20H16ClFN2O3. The fourth-order valence-electron chi connectivity index (χ4n) is 2.92. The van der Waals surface area contributed by atoms with E-state index in [0.29, 0.717) is 16.1 Å². The predicted molar refractivity (Wildman–Crippen MR) is 100 cm³/mol. The predicted octanol–water partition coefficient (Wildman–Crippen LogP) is 3.38. The Morgan fingerprint density at radius 2 is 1.96 bits per heavy atom. The first-order chi connectivity index (χ1) is 12.9. The van der Waals surface area contributed by atoms with Crippen LogP contribution < -0.4 is 5.32 Å². The molecular weight excluding hydrogens is 371 g/mol. The van der Waals surface area contributed by atoms with Gasteiger partial charge in [-0.1, -0.05) is 35.9 Å². The van der Waals surface area contributed by atoms with Crippen molar-refractivity contribution in [2.24, 2.45) is 0 Å². The summed E-state index contributed by atoms with van der Waals surface area (Å²) in [6, 6.07) is 11.0. The van der Waals surface area contributed by atoms with E-state index in [2.05, 4.69) is 10.3 Å². The van der Waals surface area contributed by atoms with Gasteiger partial charge in [0, 0.05) is 17.6 Å². The normalized spacial score (nSPS) is 11.9. The second kappa shape index (κ2) is 8.14. The van der Waals surface area contributed by atoms with E-state index < -0.39 is 23.7 Å². The SMILES string of the molecule is O=C(Cc1cc(Cl)cc2ccccc12)NC(Cc1cncc(F)c1)C(=O)O. The van der Waals surface area contributed by atoms with Crippen molar-refractivity contribution < 1.29 is 19.1 Å². The number of nitrogens with one attached hydrogen (secondary N) is 1. The zero-order valence-electron chi connectivity index (χ0n) is 14.2. The summed E-state index contributed by atoms with van der Waals surface area (Å²) in [5.41, 5.74) is 1.09. The average molecular weight is 387 g/mol. The molecule has 0 aliphatic rings. The number of carboxylic acids is 1. The fourth-order valence-corrected chi connectivity index (χ4v) is 3.17. The van der Waals surface area contributed by atoms with Crippen LogP contribution in [0.4, 0.5) is 4.39 Å². The van der Waals surface area contributed by atoms with Gasteiger partial charge in [0.15, 0.2) is 0 Å².